The molecule has 0 saturated carbocycles. The molecule has 0 N–H and O–H groups in total. The Morgan fingerprint density at radius 3 is 2.33 bits per heavy atom. The molecule has 1 radical (unpaired) electrons. The normalized spacial score (nSPS) is 5.50. The molecule has 0 bridgehead atoms. The predicted molar refractivity (Wildman–Crippen MR) is 17.7 cm³/mol. The molecule has 0 aromatic carbocycles. The molecular weight excluding hydrogens is 132 g/mol. The summed E-state index contributed by atoms with van der Waals surface area (Å²) in [6.45, 7) is 2.66. The van der Waals surface area contributed by atoms with Gasteiger partial charge in [0.25, 0.3) is 6.47 Å². The first-order chi connectivity index (χ1) is 2.41. The van der Waals surface area contributed by atoms with Gasteiger partial charge in [0, 0.05) is 17.1 Å². The first kappa shape index (κ1) is 9.37. The van der Waals surface area contributed by atoms with Gasteiger partial charge in [0.05, 0.1) is 6.61 Å². The van der Waals surface area contributed by atoms with Gasteiger partial charge in [-0.2, -0.15) is 0 Å². The Balaban J connectivity index is 0. The maximum atomic E-state index is 9.18. The number of rotatable bonds is 2. The summed E-state index contributed by atoms with van der Waals surface area (Å²) < 4.78 is 4.15. The van der Waals surface area contributed by atoms with Gasteiger partial charge in [-0.05, 0) is 6.92 Å². The smallest absolute Gasteiger partial charge is 0.293 e. The van der Waals surface area contributed by atoms with Gasteiger partial charge in [-0.3, -0.25) is 4.79 Å². The van der Waals surface area contributed by atoms with Gasteiger partial charge in [0.15, 0.2) is 0 Å². The SMILES string of the molecule is CCOC=O.[Cu]. The van der Waals surface area contributed by atoms with Crippen LogP contribution in [0.25, 0.3) is 0 Å². The van der Waals surface area contributed by atoms with E-state index in [1.54, 1.807) is 6.92 Å². The van der Waals surface area contributed by atoms with E-state index < -0.39 is 0 Å². The van der Waals surface area contributed by atoms with Gasteiger partial charge < -0.3 is 4.74 Å². The third-order valence-electron chi connectivity index (χ3n) is 0.235. The van der Waals surface area contributed by atoms with E-state index in [-0.39, 0.29) is 17.1 Å². The molecule has 0 heterocycles. The third kappa shape index (κ3) is 9.01. The van der Waals surface area contributed by atoms with Gasteiger partial charge in [0.1, 0.15) is 0 Å². The van der Waals surface area contributed by atoms with E-state index in [2.05, 4.69) is 4.74 Å². The molecule has 0 rings (SSSR count). The van der Waals surface area contributed by atoms with Crippen LogP contribution in [0.5, 0.6) is 0 Å². The molecule has 0 aliphatic heterocycles. The molecule has 0 fully saturated rings. The van der Waals surface area contributed by atoms with Crippen molar-refractivity contribution in [2.75, 3.05) is 6.61 Å². The molecule has 0 aromatic heterocycles. The fourth-order valence-corrected chi connectivity index (χ4v) is 0.0680. The first-order valence-corrected chi connectivity index (χ1v) is 1.47. The predicted octanol–water partition coefficient (Wildman–Crippen LogP) is 0.177. The molecular formula is C3H6CuO2. The van der Waals surface area contributed by atoms with Crippen LogP contribution in [0.2, 0.25) is 0 Å². The van der Waals surface area contributed by atoms with Crippen molar-refractivity contribution in [3.8, 4) is 0 Å². The summed E-state index contributed by atoms with van der Waals surface area (Å²) in [6, 6.07) is 0. The Kier molecular flexibility index (Phi) is 13.9. The van der Waals surface area contributed by atoms with E-state index in [9.17, 15) is 4.79 Å². The van der Waals surface area contributed by atoms with Gasteiger partial charge in [-0.15, -0.1) is 0 Å². The van der Waals surface area contributed by atoms with Crippen molar-refractivity contribution in [3.05, 3.63) is 0 Å². The van der Waals surface area contributed by atoms with Crippen molar-refractivity contribution < 1.29 is 26.6 Å². The fraction of sp³-hybridized carbons (Fsp3) is 0.667. The van der Waals surface area contributed by atoms with Crippen LogP contribution in [-0.2, 0) is 26.6 Å². The standard InChI is InChI=1S/C3H6O2.Cu/c1-2-5-3-4;/h3H,2H2,1H3;. The largest absolute Gasteiger partial charge is 0.468 e. The summed E-state index contributed by atoms with van der Waals surface area (Å²) >= 11 is 0. The molecule has 0 aliphatic carbocycles. The van der Waals surface area contributed by atoms with Crippen LogP contribution in [-0.4, -0.2) is 13.1 Å². The van der Waals surface area contributed by atoms with E-state index in [0.29, 0.717) is 13.1 Å². The Morgan fingerprint density at radius 2 is 2.33 bits per heavy atom. The number of carbonyl (C=O) groups is 1. The number of carbonyl (C=O) groups excluding carboxylic acids is 1. The average Bonchev–Trinajstić information content (AvgIpc) is 1.41. The van der Waals surface area contributed by atoms with Crippen LogP contribution in [0.1, 0.15) is 6.92 Å². The molecule has 2 nitrogen and oxygen atoms in total. The van der Waals surface area contributed by atoms with E-state index in [1.807, 2.05) is 0 Å². The van der Waals surface area contributed by atoms with Gasteiger partial charge in [-0.1, -0.05) is 0 Å². The quantitative estimate of drug-likeness (QED) is 0.401. The fourth-order valence-electron chi connectivity index (χ4n) is 0.0680. The zero-order valence-electron chi connectivity index (χ0n) is 3.40. The van der Waals surface area contributed by atoms with E-state index >= 15 is 0 Å². The molecule has 0 atom stereocenters. The zero-order chi connectivity index (χ0) is 4.12. The first-order valence-electron chi connectivity index (χ1n) is 1.47. The van der Waals surface area contributed by atoms with Crippen LogP contribution in [0.3, 0.4) is 0 Å². The summed E-state index contributed by atoms with van der Waals surface area (Å²) in [5, 5.41) is 0. The number of ether oxygens (including phenoxy) is 1. The minimum Gasteiger partial charge on any atom is -0.468 e. The molecule has 41 valence electrons. The van der Waals surface area contributed by atoms with Crippen LogP contribution >= 0.6 is 0 Å². The van der Waals surface area contributed by atoms with Crippen molar-refractivity contribution >= 4 is 6.47 Å². The average molecular weight is 138 g/mol. The Bertz CT molecular complexity index is 30.0. The van der Waals surface area contributed by atoms with Crippen molar-refractivity contribution in [2.24, 2.45) is 0 Å². The Hall–Kier alpha value is -0.0105. The minimum absolute atomic E-state index is 0. The minimum atomic E-state index is 0. The number of hydrogen-bond acceptors (Lipinski definition) is 2. The molecule has 0 aliphatic rings. The zero-order valence-corrected chi connectivity index (χ0v) is 4.34. The van der Waals surface area contributed by atoms with Gasteiger partial charge >= 0.3 is 0 Å². The van der Waals surface area contributed by atoms with E-state index in [4.69, 9.17) is 0 Å². The van der Waals surface area contributed by atoms with E-state index in [0.717, 1.165) is 0 Å². The molecule has 0 aromatic rings. The summed E-state index contributed by atoms with van der Waals surface area (Å²) in [7, 11) is 0. The summed E-state index contributed by atoms with van der Waals surface area (Å²) in [5.74, 6) is 0. The van der Waals surface area contributed by atoms with Crippen LogP contribution in [0.4, 0.5) is 0 Å². The van der Waals surface area contributed by atoms with Gasteiger partial charge in [-0.25, -0.2) is 0 Å². The van der Waals surface area contributed by atoms with E-state index in [1.165, 1.54) is 0 Å². The Labute approximate surface area is 47.3 Å². The second-order valence-electron chi connectivity index (χ2n) is 0.552. The van der Waals surface area contributed by atoms with Crippen molar-refractivity contribution in [1.82, 2.24) is 0 Å². The molecule has 0 saturated heterocycles. The van der Waals surface area contributed by atoms with Crippen LogP contribution in [0, 0.1) is 0 Å². The summed E-state index contributed by atoms with van der Waals surface area (Å²) in [4.78, 5) is 9.18. The summed E-state index contributed by atoms with van der Waals surface area (Å²) in [5.41, 5.74) is 0. The topological polar surface area (TPSA) is 26.3 Å². The van der Waals surface area contributed by atoms with Crippen molar-refractivity contribution in [2.45, 2.75) is 6.92 Å². The Morgan fingerprint density at radius 1 is 1.83 bits per heavy atom. The third-order valence-corrected chi connectivity index (χ3v) is 0.235. The second kappa shape index (κ2) is 8.89. The maximum Gasteiger partial charge on any atom is 0.293 e. The molecule has 6 heavy (non-hydrogen) atoms. The van der Waals surface area contributed by atoms with Crippen LogP contribution < -0.4 is 0 Å². The molecule has 0 amide bonds. The molecule has 3 heteroatoms. The summed E-state index contributed by atoms with van der Waals surface area (Å²) in [6.07, 6.45) is 0. The van der Waals surface area contributed by atoms with Crippen LogP contribution in [0.15, 0.2) is 0 Å². The monoisotopic (exact) mass is 137 g/mol. The molecule has 0 spiro atoms. The molecule has 0 unspecified atom stereocenters. The number of hydrogen-bond donors (Lipinski definition) is 0. The van der Waals surface area contributed by atoms with Crippen molar-refractivity contribution in [1.29, 1.82) is 0 Å². The maximum absolute atomic E-state index is 9.18. The van der Waals surface area contributed by atoms with Gasteiger partial charge in [0.2, 0.25) is 0 Å². The van der Waals surface area contributed by atoms with Crippen molar-refractivity contribution in [3.63, 3.8) is 0 Å². The second-order valence-corrected chi connectivity index (χ2v) is 0.552.